The molecular formula is C9H10F2O3. The van der Waals surface area contributed by atoms with E-state index in [1.54, 1.807) is 0 Å². The zero-order valence-corrected chi connectivity index (χ0v) is 7.50. The molecule has 0 heterocycles. The predicted octanol–water partition coefficient (Wildman–Crippen LogP) is 1.48. The lowest BCUT2D eigenvalue weighted by Gasteiger charge is -2.17. The highest BCUT2D eigenvalue weighted by atomic mass is 19.3. The average molecular weight is 204 g/mol. The second kappa shape index (κ2) is 3.79. The highest BCUT2D eigenvalue weighted by Gasteiger charge is 2.34. The van der Waals surface area contributed by atoms with Gasteiger partial charge in [0.25, 0.3) is 5.92 Å². The van der Waals surface area contributed by atoms with E-state index in [0.29, 0.717) is 0 Å². The fourth-order valence-electron chi connectivity index (χ4n) is 1.11. The molecule has 1 aromatic carbocycles. The first-order valence-corrected chi connectivity index (χ1v) is 3.88. The van der Waals surface area contributed by atoms with Crippen molar-refractivity contribution in [3.63, 3.8) is 0 Å². The minimum absolute atomic E-state index is 0.313. The molecule has 0 unspecified atom stereocenters. The maximum atomic E-state index is 13.1. The third-order valence-electron chi connectivity index (χ3n) is 1.79. The van der Waals surface area contributed by atoms with Crippen molar-refractivity contribution in [3.05, 3.63) is 23.8 Å². The molecular weight excluding hydrogens is 194 g/mol. The van der Waals surface area contributed by atoms with Gasteiger partial charge in [-0.3, -0.25) is 0 Å². The van der Waals surface area contributed by atoms with Crippen molar-refractivity contribution < 1.29 is 23.7 Å². The third-order valence-corrected chi connectivity index (χ3v) is 1.79. The number of methoxy groups -OCH3 is 1. The van der Waals surface area contributed by atoms with Crippen LogP contribution in [0.5, 0.6) is 11.5 Å². The minimum Gasteiger partial charge on any atom is -0.504 e. The minimum atomic E-state index is -3.41. The number of aliphatic hydroxyl groups excluding tert-OH is 1. The number of ether oxygens (including phenoxy) is 1. The van der Waals surface area contributed by atoms with Gasteiger partial charge in [-0.05, 0) is 12.1 Å². The monoisotopic (exact) mass is 204 g/mol. The summed E-state index contributed by atoms with van der Waals surface area (Å²) in [7, 11) is 1.17. The summed E-state index contributed by atoms with van der Waals surface area (Å²) >= 11 is 0. The Kier molecular flexibility index (Phi) is 2.90. The largest absolute Gasteiger partial charge is 0.504 e. The molecule has 0 amide bonds. The van der Waals surface area contributed by atoms with Crippen LogP contribution in [0.25, 0.3) is 0 Å². The first-order valence-electron chi connectivity index (χ1n) is 3.88. The smallest absolute Gasteiger partial charge is 0.299 e. The van der Waals surface area contributed by atoms with E-state index in [-0.39, 0.29) is 11.5 Å². The van der Waals surface area contributed by atoms with Crippen LogP contribution in [-0.4, -0.2) is 23.9 Å². The van der Waals surface area contributed by atoms with Crippen molar-refractivity contribution in [2.24, 2.45) is 0 Å². The summed E-state index contributed by atoms with van der Waals surface area (Å²) in [6.07, 6.45) is 0. The molecule has 0 fully saturated rings. The molecule has 1 aromatic rings. The Morgan fingerprint density at radius 1 is 1.43 bits per heavy atom. The van der Waals surface area contributed by atoms with Gasteiger partial charge in [-0.1, -0.05) is 6.07 Å². The van der Waals surface area contributed by atoms with Crippen LogP contribution in [0.15, 0.2) is 18.2 Å². The summed E-state index contributed by atoms with van der Waals surface area (Å²) in [6.45, 7) is -1.33. The van der Waals surface area contributed by atoms with Crippen LogP contribution in [0.1, 0.15) is 5.56 Å². The van der Waals surface area contributed by atoms with Crippen LogP contribution < -0.4 is 4.74 Å². The van der Waals surface area contributed by atoms with E-state index in [9.17, 15) is 13.9 Å². The average Bonchev–Trinajstić information content (AvgIpc) is 2.17. The Balaban J connectivity index is 3.27. The number of rotatable bonds is 3. The molecule has 3 nitrogen and oxygen atoms in total. The number of hydrogen-bond donors (Lipinski definition) is 2. The van der Waals surface area contributed by atoms with Crippen molar-refractivity contribution in [1.82, 2.24) is 0 Å². The van der Waals surface area contributed by atoms with E-state index in [4.69, 9.17) is 5.11 Å². The van der Waals surface area contributed by atoms with Gasteiger partial charge in [-0.25, -0.2) is 0 Å². The predicted molar refractivity (Wildman–Crippen MR) is 45.6 cm³/mol. The Morgan fingerprint density at radius 3 is 2.57 bits per heavy atom. The van der Waals surface area contributed by atoms with Gasteiger partial charge in [0.05, 0.1) is 12.7 Å². The highest BCUT2D eigenvalue weighted by molar-refractivity contribution is 5.47. The summed E-state index contributed by atoms with van der Waals surface area (Å²) in [4.78, 5) is 0. The normalized spacial score (nSPS) is 11.4. The van der Waals surface area contributed by atoms with E-state index in [1.165, 1.54) is 19.2 Å². The van der Waals surface area contributed by atoms with Crippen LogP contribution in [0.2, 0.25) is 0 Å². The van der Waals surface area contributed by atoms with Crippen LogP contribution in [-0.2, 0) is 5.92 Å². The standard InChI is InChI=1S/C9H10F2O3/c1-14-8-6(9(10,11)5-12)3-2-4-7(8)13/h2-4,12-13H,5H2,1H3. The molecule has 0 saturated carbocycles. The van der Waals surface area contributed by atoms with Gasteiger partial charge in [-0.2, -0.15) is 8.78 Å². The summed E-state index contributed by atoms with van der Waals surface area (Å²) < 4.78 is 30.8. The lowest BCUT2D eigenvalue weighted by molar-refractivity contribution is -0.0573. The summed E-state index contributed by atoms with van der Waals surface area (Å²) in [5.41, 5.74) is -0.525. The SMILES string of the molecule is COc1c(O)cccc1C(F)(F)CO. The van der Waals surface area contributed by atoms with Gasteiger partial charge in [0.1, 0.15) is 6.61 Å². The molecule has 0 bridgehead atoms. The van der Waals surface area contributed by atoms with Gasteiger partial charge in [0.15, 0.2) is 11.5 Å². The van der Waals surface area contributed by atoms with Crippen molar-refractivity contribution >= 4 is 0 Å². The second-order valence-electron chi connectivity index (χ2n) is 2.72. The van der Waals surface area contributed by atoms with Crippen LogP contribution >= 0.6 is 0 Å². The molecule has 0 spiro atoms. The Hall–Kier alpha value is -1.36. The first kappa shape index (κ1) is 10.7. The molecule has 0 aliphatic rings. The van der Waals surface area contributed by atoms with Gasteiger partial charge < -0.3 is 14.9 Å². The maximum Gasteiger partial charge on any atom is 0.299 e. The number of aromatic hydroxyl groups is 1. The molecule has 0 aliphatic carbocycles. The lowest BCUT2D eigenvalue weighted by Crippen LogP contribution is -2.19. The summed E-state index contributed by atoms with van der Waals surface area (Å²) in [5, 5.41) is 17.7. The molecule has 0 atom stereocenters. The quantitative estimate of drug-likeness (QED) is 0.784. The molecule has 2 N–H and O–H groups in total. The highest BCUT2D eigenvalue weighted by Crippen LogP contribution is 2.39. The molecule has 0 radical (unpaired) electrons. The molecule has 0 saturated heterocycles. The van der Waals surface area contributed by atoms with Crippen LogP contribution in [0.4, 0.5) is 8.78 Å². The van der Waals surface area contributed by atoms with E-state index >= 15 is 0 Å². The Morgan fingerprint density at radius 2 is 2.07 bits per heavy atom. The Bertz CT molecular complexity index is 326. The molecule has 1 rings (SSSR count). The van der Waals surface area contributed by atoms with Gasteiger partial charge in [-0.15, -0.1) is 0 Å². The molecule has 0 aliphatic heterocycles. The van der Waals surface area contributed by atoms with Crippen molar-refractivity contribution in [2.75, 3.05) is 13.7 Å². The zero-order valence-electron chi connectivity index (χ0n) is 7.50. The molecule has 78 valence electrons. The first-order chi connectivity index (χ1) is 6.53. The van der Waals surface area contributed by atoms with E-state index < -0.39 is 18.1 Å². The summed E-state index contributed by atoms with van der Waals surface area (Å²) in [5.74, 6) is -4.10. The number of benzene rings is 1. The Labute approximate surface area is 79.6 Å². The number of halogens is 2. The number of aliphatic hydroxyl groups is 1. The fourth-order valence-corrected chi connectivity index (χ4v) is 1.11. The number of hydrogen-bond acceptors (Lipinski definition) is 3. The van der Waals surface area contributed by atoms with Crippen molar-refractivity contribution in [2.45, 2.75) is 5.92 Å². The molecule has 5 heteroatoms. The summed E-state index contributed by atoms with van der Waals surface area (Å²) in [6, 6.07) is 3.58. The van der Waals surface area contributed by atoms with E-state index in [2.05, 4.69) is 4.74 Å². The fraction of sp³-hybridized carbons (Fsp3) is 0.333. The number of para-hydroxylation sites is 1. The number of phenols is 1. The second-order valence-corrected chi connectivity index (χ2v) is 2.72. The van der Waals surface area contributed by atoms with Crippen LogP contribution in [0.3, 0.4) is 0 Å². The van der Waals surface area contributed by atoms with Gasteiger partial charge in [0, 0.05) is 0 Å². The lowest BCUT2D eigenvalue weighted by atomic mass is 10.1. The zero-order chi connectivity index (χ0) is 10.8. The van der Waals surface area contributed by atoms with E-state index in [0.717, 1.165) is 6.07 Å². The number of alkyl halides is 2. The van der Waals surface area contributed by atoms with Crippen LogP contribution in [0, 0.1) is 0 Å². The third kappa shape index (κ3) is 1.77. The molecule has 14 heavy (non-hydrogen) atoms. The van der Waals surface area contributed by atoms with E-state index in [1.807, 2.05) is 0 Å². The van der Waals surface area contributed by atoms with Gasteiger partial charge in [0.2, 0.25) is 0 Å². The van der Waals surface area contributed by atoms with Gasteiger partial charge >= 0.3 is 0 Å². The van der Waals surface area contributed by atoms with Crippen molar-refractivity contribution in [1.29, 1.82) is 0 Å². The maximum absolute atomic E-state index is 13.1. The van der Waals surface area contributed by atoms with Crippen molar-refractivity contribution in [3.8, 4) is 11.5 Å². The number of phenolic OH excluding ortho intramolecular Hbond substituents is 1. The topological polar surface area (TPSA) is 49.7 Å². The molecule has 0 aromatic heterocycles.